The summed E-state index contributed by atoms with van der Waals surface area (Å²) in [4.78, 5) is 0. The van der Waals surface area contributed by atoms with Crippen LogP contribution in [0.3, 0.4) is 0 Å². The first kappa shape index (κ1) is 16.8. The number of thioether (sulfide) groups is 1. The summed E-state index contributed by atoms with van der Waals surface area (Å²) in [5, 5.41) is 13.8. The third-order valence-electron chi connectivity index (χ3n) is 4.32. The third kappa shape index (κ3) is 3.22. The summed E-state index contributed by atoms with van der Waals surface area (Å²) in [6.45, 7) is 4.36. The zero-order chi connectivity index (χ0) is 18.1. The summed E-state index contributed by atoms with van der Waals surface area (Å²) < 4.78 is 20.8. The van der Waals surface area contributed by atoms with Crippen LogP contribution in [0.1, 0.15) is 22.5 Å². The van der Waals surface area contributed by atoms with Gasteiger partial charge in [0.1, 0.15) is 18.2 Å². The van der Waals surface area contributed by atoms with Gasteiger partial charge in [0.05, 0.1) is 5.71 Å². The second-order valence-corrected chi connectivity index (χ2v) is 6.98. The summed E-state index contributed by atoms with van der Waals surface area (Å²) in [5.41, 5.74) is 4.03. The molecule has 0 unspecified atom stereocenters. The molecule has 0 atom stereocenters. The molecule has 4 rings (SSSR count). The largest absolute Gasteiger partial charge is 0.485 e. The minimum atomic E-state index is -0.259. The number of halogens is 1. The Hall–Kier alpha value is -2.67. The molecule has 5 nitrogen and oxygen atoms in total. The fourth-order valence-electron chi connectivity index (χ4n) is 2.66. The van der Waals surface area contributed by atoms with Gasteiger partial charge in [0.15, 0.2) is 5.82 Å². The summed E-state index contributed by atoms with van der Waals surface area (Å²) in [5.74, 6) is 1.87. The molecule has 0 saturated heterocycles. The second-order valence-electron chi connectivity index (χ2n) is 6.04. The molecule has 0 N–H and O–H groups in total. The Balaban J connectivity index is 1.59. The van der Waals surface area contributed by atoms with Gasteiger partial charge < -0.3 is 4.74 Å². The molecule has 0 bridgehead atoms. The number of rotatable bonds is 4. The standard InChI is InChI=1S/C19H17FN4OS/c1-12-4-3-5-17(13(12)2)25-10-18-21-22-19-24(18)23-16(11-26-19)14-6-8-15(20)9-7-14/h3-9H,10-11H2,1-2H3. The van der Waals surface area contributed by atoms with Crippen molar-refractivity contribution < 1.29 is 9.13 Å². The van der Waals surface area contributed by atoms with Gasteiger partial charge in [0.25, 0.3) is 0 Å². The molecule has 1 aliphatic heterocycles. The quantitative estimate of drug-likeness (QED) is 0.699. The molecule has 0 saturated carbocycles. The second kappa shape index (κ2) is 6.92. The average molecular weight is 368 g/mol. The smallest absolute Gasteiger partial charge is 0.212 e. The highest BCUT2D eigenvalue weighted by atomic mass is 32.2. The van der Waals surface area contributed by atoms with Crippen molar-refractivity contribution in [2.24, 2.45) is 5.10 Å². The zero-order valence-electron chi connectivity index (χ0n) is 14.4. The van der Waals surface area contributed by atoms with Gasteiger partial charge >= 0.3 is 0 Å². The molecular formula is C19H17FN4OS. The first-order valence-corrected chi connectivity index (χ1v) is 9.20. The van der Waals surface area contributed by atoms with E-state index in [0.717, 1.165) is 27.7 Å². The van der Waals surface area contributed by atoms with Gasteiger partial charge in [-0.3, -0.25) is 0 Å². The third-order valence-corrected chi connectivity index (χ3v) is 5.26. The highest BCUT2D eigenvalue weighted by Gasteiger charge is 2.20. The maximum Gasteiger partial charge on any atom is 0.212 e. The fourth-order valence-corrected chi connectivity index (χ4v) is 3.52. The molecule has 0 aliphatic carbocycles. The normalized spacial score (nSPS) is 13.3. The van der Waals surface area contributed by atoms with Crippen molar-refractivity contribution in [1.82, 2.24) is 14.9 Å². The molecule has 26 heavy (non-hydrogen) atoms. The van der Waals surface area contributed by atoms with Crippen molar-refractivity contribution >= 4 is 17.5 Å². The summed E-state index contributed by atoms with van der Waals surface area (Å²) >= 11 is 1.55. The fraction of sp³-hybridized carbons (Fsp3) is 0.211. The molecule has 2 heterocycles. The van der Waals surface area contributed by atoms with E-state index in [1.807, 2.05) is 19.1 Å². The van der Waals surface area contributed by atoms with E-state index in [1.165, 1.54) is 17.7 Å². The van der Waals surface area contributed by atoms with Crippen LogP contribution in [0.4, 0.5) is 4.39 Å². The lowest BCUT2D eigenvalue weighted by Crippen LogP contribution is -2.15. The monoisotopic (exact) mass is 368 g/mol. The molecule has 7 heteroatoms. The molecule has 1 aliphatic rings. The Morgan fingerprint density at radius 2 is 1.92 bits per heavy atom. The van der Waals surface area contributed by atoms with Gasteiger partial charge in [-0.2, -0.15) is 9.78 Å². The van der Waals surface area contributed by atoms with E-state index in [0.29, 0.717) is 11.6 Å². The molecule has 0 spiro atoms. The van der Waals surface area contributed by atoms with Crippen LogP contribution in [0.5, 0.6) is 5.75 Å². The van der Waals surface area contributed by atoms with E-state index in [2.05, 4.69) is 28.3 Å². The lowest BCUT2D eigenvalue weighted by molar-refractivity contribution is 0.287. The van der Waals surface area contributed by atoms with Crippen molar-refractivity contribution in [3.05, 3.63) is 70.8 Å². The van der Waals surface area contributed by atoms with Crippen LogP contribution in [0.25, 0.3) is 0 Å². The number of hydrogen-bond donors (Lipinski definition) is 0. The number of aryl methyl sites for hydroxylation is 1. The molecule has 132 valence electrons. The maximum absolute atomic E-state index is 13.1. The highest BCUT2D eigenvalue weighted by molar-refractivity contribution is 7.99. The number of fused-ring (bicyclic) bond motifs is 1. The summed E-state index contributed by atoms with van der Waals surface area (Å²) in [6.07, 6.45) is 0. The molecule has 0 fully saturated rings. The maximum atomic E-state index is 13.1. The first-order chi connectivity index (χ1) is 12.6. The number of ether oxygens (including phenoxy) is 1. The Bertz CT molecular complexity index is 982. The Morgan fingerprint density at radius 3 is 2.73 bits per heavy atom. The summed E-state index contributed by atoms with van der Waals surface area (Å²) in [6, 6.07) is 12.3. The van der Waals surface area contributed by atoms with Crippen LogP contribution in [0, 0.1) is 19.7 Å². The molecule has 0 radical (unpaired) electrons. The topological polar surface area (TPSA) is 52.3 Å². The number of benzene rings is 2. The van der Waals surface area contributed by atoms with Gasteiger partial charge in [-0.15, -0.1) is 10.2 Å². The van der Waals surface area contributed by atoms with Crippen molar-refractivity contribution in [3.63, 3.8) is 0 Å². The van der Waals surface area contributed by atoms with Gasteiger partial charge in [-0.1, -0.05) is 36.0 Å². The van der Waals surface area contributed by atoms with E-state index >= 15 is 0 Å². The Kier molecular flexibility index (Phi) is 4.46. The van der Waals surface area contributed by atoms with Gasteiger partial charge in [0, 0.05) is 5.75 Å². The predicted molar refractivity (Wildman–Crippen MR) is 99.3 cm³/mol. The predicted octanol–water partition coefficient (Wildman–Crippen LogP) is 3.97. The first-order valence-electron chi connectivity index (χ1n) is 8.22. The minimum absolute atomic E-state index is 0.259. The molecule has 2 aromatic carbocycles. The van der Waals surface area contributed by atoms with Crippen molar-refractivity contribution in [3.8, 4) is 5.75 Å². The number of nitrogens with zero attached hydrogens (tertiary/aromatic N) is 4. The number of aromatic nitrogens is 3. The molecule has 3 aromatic rings. The lowest BCUT2D eigenvalue weighted by Gasteiger charge is -2.14. The van der Waals surface area contributed by atoms with Crippen LogP contribution < -0.4 is 4.74 Å². The van der Waals surface area contributed by atoms with E-state index < -0.39 is 0 Å². The number of hydrogen-bond acceptors (Lipinski definition) is 5. The van der Waals surface area contributed by atoms with Crippen LogP contribution >= 0.6 is 11.8 Å². The van der Waals surface area contributed by atoms with Gasteiger partial charge in [-0.25, -0.2) is 4.39 Å². The molecule has 1 aromatic heterocycles. The van der Waals surface area contributed by atoms with E-state index in [4.69, 9.17) is 4.74 Å². The summed E-state index contributed by atoms with van der Waals surface area (Å²) in [7, 11) is 0. The van der Waals surface area contributed by atoms with E-state index in [1.54, 1.807) is 28.6 Å². The Morgan fingerprint density at radius 1 is 1.12 bits per heavy atom. The van der Waals surface area contributed by atoms with E-state index in [-0.39, 0.29) is 12.4 Å². The van der Waals surface area contributed by atoms with Gasteiger partial charge in [-0.05, 0) is 48.7 Å². The van der Waals surface area contributed by atoms with Crippen LogP contribution in [-0.4, -0.2) is 26.3 Å². The molecule has 0 amide bonds. The van der Waals surface area contributed by atoms with Gasteiger partial charge in [0.2, 0.25) is 5.16 Å². The van der Waals surface area contributed by atoms with Crippen LogP contribution in [0.15, 0.2) is 52.7 Å². The van der Waals surface area contributed by atoms with Crippen LogP contribution in [-0.2, 0) is 6.61 Å². The van der Waals surface area contributed by atoms with Crippen molar-refractivity contribution in [2.45, 2.75) is 25.6 Å². The SMILES string of the molecule is Cc1cccc(OCc2nnc3n2N=C(c2ccc(F)cc2)CS3)c1C. The average Bonchev–Trinajstić information content (AvgIpc) is 3.06. The minimum Gasteiger partial charge on any atom is -0.485 e. The van der Waals surface area contributed by atoms with E-state index in [9.17, 15) is 4.39 Å². The molecular weight excluding hydrogens is 351 g/mol. The van der Waals surface area contributed by atoms with Crippen molar-refractivity contribution in [2.75, 3.05) is 5.75 Å². The zero-order valence-corrected chi connectivity index (χ0v) is 15.3. The lowest BCUT2D eigenvalue weighted by atomic mass is 10.1. The van der Waals surface area contributed by atoms with Crippen LogP contribution in [0.2, 0.25) is 0 Å². The highest BCUT2D eigenvalue weighted by Crippen LogP contribution is 2.26. The van der Waals surface area contributed by atoms with Crippen molar-refractivity contribution in [1.29, 1.82) is 0 Å². The Labute approximate surface area is 154 Å².